The summed E-state index contributed by atoms with van der Waals surface area (Å²) in [4.78, 5) is 21.9. The third-order valence-electron chi connectivity index (χ3n) is 6.16. The van der Waals surface area contributed by atoms with Gasteiger partial charge in [-0.3, -0.25) is 4.79 Å². The summed E-state index contributed by atoms with van der Waals surface area (Å²) < 4.78 is 6.30. The third-order valence-corrected chi connectivity index (χ3v) is 7.51. The number of piperidine rings is 1. The first-order chi connectivity index (χ1) is 12.0. The van der Waals surface area contributed by atoms with Gasteiger partial charge in [0.25, 0.3) is 5.91 Å². The maximum Gasteiger partial charge on any atom is 0.263 e. The maximum atomic E-state index is 13.0. The van der Waals surface area contributed by atoms with Crippen molar-refractivity contribution in [1.29, 1.82) is 0 Å². The Labute approximate surface area is 154 Å². The van der Waals surface area contributed by atoms with Gasteiger partial charge in [0.1, 0.15) is 5.60 Å². The second-order valence-corrected chi connectivity index (χ2v) is 9.07. The standard InChI is InChI=1S/C19H29N3O2S/c1-20(2)15-4-8-22(13-15)18(23)16-12-14-5-11-24-19(17(14)25-16)6-9-21(3)10-7-19/h12,15H,4-11,13H2,1-3H3. The summed E-state index contributed by atoms with van der Waals surface area (Å²) in [5.41, 5.74) is 1.22. The number of thiophene rings is 1. The van der Waals surface area contributed by atoms with E-state index in [0.717, 1.165) is 63.3 Å². The maximum absolute atomic E-state index is 13.0. The summed E-state index contributed by atoms with van der Waals surface area (Å²) >= 11 is 1.70. The molecule has 0 saturated carbocycles. The molecule has 2 saturated heterocycles. The molecule has 1 atom stereocenters. The van der Waals surface area contributed by atoms with Gasteiger partial charge in [0.2, 0.25) is 0 Å². The average Bonchev–Trinajstić information content (AvgIpc) is 3.25. The van der Waals surface area contributed by atoms with Gasteiger partial charge in [0.05, 0.1) is 11.5 Å². The molecule has 2 fully saturated rings. The number of ether oxygens (including phenoxy) is 1. The minimum absolute atomic E-state index is 0.138. The van der Waals surface area contributed by atoms with Crippen molar-refractivity contribution in [3.8, 4) is 0 Å². The monoisotopic (exact) mass is 363 g/mol. The van der Waals surface area contributed by atoms with E-state index in [1.54, 1.807) is 11.3 Å². The summed E-state index contributed by atoms with van der Waals surface area (Å²) in [5.74, 6) is 0.215. The number of likely N-dealkylation sites (N-methyl/N-ethyl adjacent to an activating group) is 1. The molecule has 6 heteroatoms. The molecule has 5 nitrogen and oxygen atoms in total. The van der Waals surface area contributed by atoms with Crippen LogP contribution in [0.2, 0.25) is 0 Å². The minimum atomic E-state index is -0.138. The third kappa shape index (κ3) is 3.14. The molecule has 4 rings (SSSR count). The van der Waals surface area contributed by atoms with Gasteiger partial charge in [0, 0.05) is 37.1 Å². The molecule has 1 spiro atoms. The largest absolute Gasteiger partial charge is 0.369 e. The summed E-state index contributed by atoms with van der Waals surface area (Å²) in [6.07, 6.45) is 4.09. The van der Waals surface area contributed by atoms with Crippen LogP contribution in [0.25, 0.3) is 0 Å². The van der Waals surface area contributed by atoms with Crippen molar-refractivity contribution in [1.82, 2.24) is 14.7 Å². The minimum Gasteiger partial charge on any atom is -0.369 e. The zero-order valence-electron chi connectivity index (χ0n) is 15.6. The van der Waals surface area contributed by atoms with Crippen LogP contribution in [0.3, 0.4) is 0 Å². The molecule has 3 aliphatic rings. The van der Waals surface area contributed by atoms with E-state index in [9.17, 15) is 4.79 Å². The van der Waals surface area contributed by atoms with Crippen LogP contribution in [0.4, 0.5) is 0 Å². The highest BCUT2D eigenvalue weighted by Crippen LogP contribution is 2.45. The molecule has 1 aromatic rings. The van der Waals surface area contributed by atoms with Crippen LogP contribution < -0.4 is 0 Å². The number of carbonyl (C=O) groups is 1. The number of likely N-dealkylation sites (tertiary alicyclic amines) is 2. The van der Waals surface area contributed by atoms with Gasteiger partial charge in [-0.1, -0.05) is 0 Å². The van der Waals surface area contributed by atoms with Crippen molar-refractivity contribution >= 4 is 17.2 Å². The van der Waals surface area contributed by atoms with E-state index < -0.39 is 0 Å². The van der Waals surface area contributed by atoms with Crippen molar-refractivity contribution in [2.45, 2.75) is 37.3 Å². The van der Waals surface area contributed by atoms with Crippen LogP contribution in [0.15, 0.2) is 6.07 Å². The first-order valence-electron chi connectivity index (χ1n) is 9.40. The van der Waals surface area contributed by atoms with E-state index in [-0.39, 0.29) is 11.5 Å². The molecule has 0 aromatic carbocycles. The highest BCUT2D eigenvalue weighted by molar-refractivity contribution is 7.14. The normalized spacial score (nSPS) is 26.4. The molecule has 0 N–H and O–H groups in total. The van der Waals surface area contributed by atoms with Gasteiger partial charge in [-0.15, -0.1) is 11.3 Å². The zero-order valence-corrected chi connectivity index (χ0v) is 16.4. The summed E-state index contributed by atoms with van der Waals surface area (Å²) in [6.45, 7) is 4.64. The fraction of sp³-hybridized carbons (Fsp3) is 0.737. The zero-order chi connectivity index (χ0) is 17.6. The number of rotatable bonds is 2. The van der Waals surface area contributed by atoms with Crippen LogP contribution in [-0.4, -0.2) is 80.6 Å². The van der Waals surface area contributed by atoms with Gasteiger partial charge >= 0.3 is 0 Å². The Kier molecular flexibility index (Phi) is 4.65. The first kappa shape index (κ1) is 17.5. The van der Waals surface area contributed by atoms with Crippen LogP contribution in [-0.2, 0) is 16.8 Å². The number of amides is 1. The Morgan fingerprint density at radius 3 is 2.76 bits per heavy atom. The number of nitrogens with zero attached hydrogens (tertiary/aromatic N) is 3. The molecule has 1 aromatic heterocycles. The number of carbonyl (C=O) groups excluding carboxylic acids is 1. The van der Waals surface area contributed by atoms with Gasteiger partial charge in [-0.25, -0.2) is 0 Å². The Hall–Kier alpha value is -0.950. The SMILES string of the molecule is CN1CCC2(CC1)OCCc1cc(C(=O)N3CCC(N(C)C)C3)sc12. The van der Waals surface area contributed by atoms with Crippen LogP contribution in [0.5, 0.6) is 0 Å². The summed E-state index contributed by atoms with van der Waals surface area (Å²) in [5, 5.41) is 0. The van der Waals surface area contributed by atoms with Crippen LogP contribution >= 0.6 is 11.3 Å². The molecule has 0 aliphatic carbocycles. The Balaban J connectivity index is 1.55. The molecule has 138 valence electrons. The van der Waals surface area contributed by atoms with E-state index in [1.807, 2.05) is 4.90 Å². The van der Waals surface area contributed by atoms with Crippen LogP contribution in [0, 0.1) is 0 Å². The molecule has 25 heavy (non-hydrogen) atoms. The molecule has 0 bridgehead atoms. The van der Waals surface area contributed by atoms with Crippen molar-refractivity contribution < 1.29 is 9.53 Å². The molecule has 1 amide bonds. The van der Waals surface area contributed by atoms with Gasteiger partial charge < -0.3 is 19.4 Å². The molecule has 4 heterocycles. The van der Waals surface area contributed by atoms with E-state index in [4.69, 9.17) is 4.74 Å². The van der Waals surface area contributed by atoms with Crippen molar-refractivity contribution in [3.63, 3.8) is 0 Å². The van der Waals surface area contributed by atoms with Gasteiger partial charge in [-0.05, 0) is 58.5 Å². The van der Waals surface area contributed by atoms with Crippen molar-refractivity contribution in [3.05, 3.63) is 21.4 Å². The highest BCUT2D eigenvalue weighted by Gasteiger charge is 2.42. The lowest BCUT2D eigenvalue weighted by Gasteiger charge is -2.42. The Morgan fingerprint density at radius 1 is 1.32 bits per heavy atom. The first-order valence-corrected chi connectivity index (χ1v) is 10.2. The van der Waals surface area contributed by atoms with Crippen molar-refractivity contribution in [2.75, 3.05) is 53.9 Å². The fourth-order valence-corrected chi connectivity index (χ4v) is 5.76. The predicted molar refractivity (Wildman–Crippen MR) is 100 cm³/mol. The lowest BCUT2D eigenvalue weighted by atomic mass is 9.85. The smallest absolute Gasteiger partial charge is 0.263 e. The quantitative estimate of drug-likeness (QED) is 0.805. The van der Waals surface area contributed by atoms with E-state index in [1.165, 1.54) is 10.4 Å². The molecule has 0 radical (unpaired) electrons. The number of fused-ring (bicyclic) bond motifs is 2. The van der Waals surface area contributed by atoms with Gasteiger partial charge in [-0.2, -0.15) is 0 Å². The topological polar surface area (TPSA) is 36.0 Å². The molecular weight excluding hydrogens is 334 g/mol. The van der Waals surface area contributed by atoms with E-state index in [0.29, 0.717) is 6.04 Å². The number of hydrogen-bond donors (Lipinski definition) is 0. The lowest BCUT2D eigenvalue weighted by Crippen LogP contribution is -2.44. The van der Waals surface area contributed by atoms with E-state index in [2.05, 4.69) is 37.0 Å². The summed E-state index contributed by atoms with van der Waals surface area (Å²) in [6, 6.07) is 2.65. The highest BCUT2D eigenvalue weighted by atomic mass is 32.1. The average molecular weight is 364 g/mol. The predicted octanol–water partition coefficient (Wildman–Crippen LogP) is 2.02. The second-order valence-electron chi connectivity index (χ2n) is 8.02. The summed E-state index contributed by atoms with van der Waals surface area (Å²) in [7, 11) is 6.38. The molecule has 1 unspecified atom stereocenters. The Morgan fingerprint density at radius 2 is 2.08 bits per heavy atom. The van der Waals surface area contributed by atoms with E-state index >= 15 is 0 Å². The van der Waals surface area contributed by atoms with Crippen molar-refractivity contribution in [2.24, 2.45) is 0 Å². The van der Waals surface area contributed by atoms with Crippen LogP contribution in [0.1, 0.15) is 39.4 Å². The molecule has 3 aliphatic heterocycles. The Bertz CT molecular complexity index is 649. The number of hydrogen-bond acceptors (Lipinski definition) is 5. The lowest BCUT2D eigenvalue weighted by molar-refractivity contribution is -0.0921. The second kappa shape index (κ2) is 6.65. The molecular formula is C19H29N3O2S. The van der Waals surface area contributed by atoms with Gasteiger partial charge in [0.15, 0.2) is 0 Å². The fourth-order valence-electron chi connectivity index (χ4n) is 4.38.